The molecule has 0 spiro atoms. The second kappa shape index (κ2) is 6.67. The lowest BCUT2D eigenvalue weighted by atomic mass is 10.1. The van der Waals surface area contributed by atoms with Crippen molar-refractivity contribution >= 4 is 11.6 Å². The maximum absolute atomic E-state index is 14.3. The fourth-order valence-corrected chi connectivity index (χ4v) is 2.40. The molecule has 0 unspecified atom stereocenters. The lowest BCUT2D eigenvalue weighted by Crippen LogP contribution is -2.22. The van der Waals surface area contributed by atoms with Crippen LogP contribution in [0.3, 0.4) is 0 Å². The molecule has 0 aliphatic rings. The number of nitrogens with zero attached hydrogens (tertiary/aromatic N) is 3. The standard InChI is InChI=1S/C19H18F2N4O/c1-19(2,3)25-11-15(18(26)23-13-6-8-22-9-7-13)17(24-25)14-5-4-12(20)10-16(14)21/h4-11H,1-3H3,(H,22,23,26). The average Bonchev–Trinajstić information content (AvgIpc) is 3.01. The summed E-state index contributed by atoms with van der Waals surface area (Å²) in [6.07, 6.45) is 4.66. The number of carbonyl (C=O) groups excluding carboxylic acids is 1. The van der Waals surface area contributed by atoms with Gasteiger partial charge in [-0.05, 0) is 45.0 Å². The summed E-state index contributed by atoms with van der Waals surface area (Å²) in [6.45, 7) is 5.74. The lowest BCUT2D eigenvalue weighted by Gasteiger charge is -2.18. The van der Waals surface area contributed by atoms with E-state index >= 15 is 0 Å². The van der Waals surface area contributed by atoms with Gasteiger partial charge in [0.05, 0.1) is 11.1 Å². The molecule has 0 bridgehead atoms. The molecule has 7 heteroatoms. The summed E-state index contributed by atoms with van der Waals surface area (Å²) in [5.41, 5.74) is 0.556. The number of rotatable bonds is 3. The van der Waals surface area contributed by atoms with E-state index in [-0.39, 0.29) is 16.8 Å². The highest BCUT2D eigenvalue weighted by Crippen LogP contribution is 2.28. The van der Waals surface area contributed by atoms with Crippen molar-refractivity contribution in [1.82, 2.24) is 14.8 Å². The summed E-state index contributed by atoms with van der Waals surface area (Å²) in [7, 11) is 0. The molecular formula is C19H18F2N4O. The second-order valence-electron chi connectivity index (χ2n) is 6.82. The van der Waals surface area contributed by atoms with Gasteiger partial charge in [-0.25, -0.2) is 8.78 Å². The van der Waals surface area contributed by atoms with E-state index in [0.717, 1.165) is 12.1 Å². The molecule has 5 nitrogen and oxygen atoms in total. The van der Waals surface area contributed by atoms with Crippen molar-refractivity contribution in [3.63, 3.8) is 0 Å². The first-order valence-corrected chi connectivity index (χ1v) is 8.02. The zero-order chi connectivity index (χ0) is 18.9. The molecular weight excluding hydrogens is 338 g/mol. The summed E-state index contributed by atoms with van der Waals surface area (Å²) < 4.78 is 29.1. The first-order chi connectivity index (χ1) is 12.3. The van der Waals surface area contributed by atoms with Crippen molar-refractivity contribution in [2.75, 3.05) is 5.32 Å². The molecule has 26 heavy (non-hydrogen) atoms. The molecule has 3 aromatic rings. The fourth-order valence-electron chi connectivity index (χ4n) is 2.40. The third-order valence-electron chi connectivity index (χ3n) is 3.77. The van der Waals surface area contributed by atoms with Crippen molar-refractivity contribution in [3.05, 3.63) is 66.1 Å². The van der Waals surface area contributed by atoms with Gasteiger partial charge in [-0.3, -0.25) is 14.5 Å². The number of amides is 1. The van der Waals surface area contributed by atoms with Gasteiger partial charge in [-0.15, -0.1) is 0 Å². The Kier molecular flexibility index (Phi) is 4.54. The molecule has 0 aliphatic heterocycles. The highest BCUT2D eigenvalue weighted by Gasteiger charge is 2.24. The van der Waals surface area contributed by atoms with E-state index in [9.17, 15) is 13.6 Å². The van der Waals surface area contributed by atoms with Gasteiger partial charge < -0.3 is 5.32 Å². The van der Waals surface area contributed by atoms with Crippen LogP contribution in [0, 0.1) is 11.6 Å². The van der Waals surface area contributed by atoms with Crippen LogP contribution in [0.2, 0.25) is 0 Å². The van der Waals surface area contributed by atoms with E-state index in [1.54, 1.807) is 35.4 Å². The SMILES string of the molecule is CC(C)(C)n1cc(C(=O)Nc2ccncc2)c(-c2ccc(F)cc2F)n1. The van der Waals surface area contributed by atoms with E-state index in [2.05, 4.69) is 15.4 Å². The minimum atomic E-state index is -0.776. The molecule has 0 aliphatic carbocycles. The zero-order valence-corrected chi connectivity index (χ0v) is 14.6. The van der Waals surface area contributed by atoms with Crippen molar-refractivity contribution < 1.29 is 13.6 Å². The number of benzene rings is 1. The van der Waals surface area contributed by atoms with Crippen LogP contribution >= 0.6 is 0 Å². The molecule has 1 N–H and O–H groups in total. The minimum Gasteiger partial charge on any atom is -0.322 e. The van der Waals surface area contributed by atoms with Crippen molar-refractivity contribution in [2.24, 2.45) is 0 Å². The predicted octanol–water partition coefficient (Wildman–Crippen LogP) is 4.23. The van der Waals surface area contributed by atoms with Crippen LogP contribution < -0.4 is 5.32 Å². The summed E-state index contributed by atoms with van der Waals surface area (Å²) in [6, 6.07) is 6.48. The van der Waals surface area contributed by atoms with Crippen LogP contribution in [0.25, 0.3) is 11.3 Å². The maximum atomic E-state index is 14.3. The van der Waals surface area contributed by atoms with Crippen molar-refractivity contribution in [2.45, 2.75) is 26.3 Å². The van der Waals surface area contributed by atoms with Gasteiger partial charge in [0.15, 0.2) is 0 Å². The third-order valence-corrected chi connectivity index (χ3v) is 3.77. The van der Waals surface area contributed by atoms with Crippen molar-refractivity contribution in [3.8, 4) is 11.3 Å². The quantitative estimate of drug-likeness (QED) is 0.764. The average molecular weight is 356 g/mol. The Labute approximate surface area is 149 Å². The molecule has 1 amide bonds. The van der Waals surface area contributed by atoms with Gasteiger partial charge in [0.1, 0.15) is 17.3 Å². The third kappa shape index (κ3) is 3.61. The maximum Gasteiger partial charge on any atom is 0.259 e. The molecule has 134 valence electrons. The molecule has 0 fully saturated rings. The number of nitrogens with one attached hydrogen (secondary N) is 1. The highest BCUT2D eigenvalue weighted by atomic mass is 19.1. The van der Waals surface area contributed by atoms with Crippen molar-refractivity contribution in [1.29, 1.82) is 0 Å². The Balaban J connectivity index is 2.08. The normalized spacial score (nSPS) is 11.4. The number of carbonyl (C=O) groups is 1. The molecule has 3 rings (SSSR count). The number of halogens is 2. The molecule has 1 aromatic carbocycles. The topological polar surface area (TPSA) is 59.8 Å². The Morgan fingerprint density at radius 3 is 2.42 bits per heavy atom. The number of hydrogen-bond acceptors (Lipinski definition) is 3. The molecule has 0 saturated heterocycles. The Hall–Kier alpha value is -3.09. The molecule has 0 atom stereocenters. The van der Waals surface area contributed by atoms with Gasteiger partial charge in [-0.2, -0.15) is 5.10 Å². The monoisotopic (exact) mass is 356 g/mol. The van der Waals surface area contributed by atoms with Gasteiger partial charge >= 0.3 is 0 Å². The zero-order valence-electron chi connectivity index (χ0n) is 14.6. The number of pyridine rings is 1. The van der Waals surface area contributed by atoms with E-state index in [1.165, 1.54) is 6.07 Å². The molecule has 2 heterocycles. The smallest absolute Gasteiger partial charge is 0.259 e. The Morgan fingerprint density at radius 1 is 1.12 bits per heavy atom. The summed E-state index contributed by atoms with van der Waals surface area (Å²) in [5.74, 6) is -1.91. The first-order valence-electron chi connectivity index (χ1n) is 8.02. The van der Waals surface area contributed by atoms with E-state index in [4.69, 9.17) is 0 Å². The summed E-state index contributed by atoms with van der Waals surface area (Å²) in [5, 5.41) is 7.12. The number of hydrogen-bond donors (Lipinski definition) is 1. The van der Waals surface area contributed by atoms with Crippen LogP contribution in [0.1, 0.15) is 31.1 Å². The van der Waals surface area contributed by atoms with E-state index in [0.29, 0.717) is 5.69 Å². The first kappa shape index (κ1) is 17.7. The van der Waals surface area contributed by atoms with Gasteiger partial charge in [-0.1, -0.05) is 0 Å². The highest BCUT2D eigenvalue weighted by molar-refractivity contribution is 6.08. The molecule has 0 radical (unpaired) electrons. The Bertz CT molecular complexity index is 946. The van der Waals surface area contributed by atoms with Crippen LogP contribution in [0.15, 0.2) is 48.9 Å². The Morgan fingerprint density at radius 2 is 1.81 bits per heavy atom. The van der Waals surface area contributed by atoms with Crippen LogP contribution in [0.4, 0.5) is 14.5 Å². The van der Waals surface area contributed by atoms with Gasteiger partial charge in [0, 0.05) is 35.9 Å². The van der Waals surface area contributed by atoms with Gasteiger partial charge in [0.2, 0.25) is 0 Å². The van der Waals surface area contributed by atoms with Crippen LogP contribution in [-0.4, -0.2) is 20.7 Å². The number of anilines is 1. The second-order valence-corrected chi connectivity index (χ2v) is 6.82. The molecule has 0 saturated carbocycles. The fraction of sp³-hybridized carbons (Fsp3) is 0.211. The van der Waals surface area contributed by atoms with Gasteiger partial charge in [0.25, 0.3) is 5.91 Å². The largest absolute Gasteiger partial charge is 0.322 e. The summed E-state index contributed by atoms with van der Waals surface area (Å²) >= 11 is 0. The van der Waals surface area contributed by atoms with E-state index < -0.39 is 23.1 Å². The number of aromatic nitrogens is 3. The van der Waals surface area contributed by atoms with Crippen LogP contribution in [0.5, 0.6) is 0 Å². The lowest BCUT2D eigenvalue weighted by molar-refractivity contribution is 0.102. The summed E-state index contributed by atoms with van der Waals surface area (Å²) in [4.78, 5) is 16.6. The molecule has 2 aromatic heterocycles. The van der Waals surface area contributed by atoms with E-state index in [1.807, 2.05) is 20.8 Å². The van der Waals surface area contributed by atoms with Crippen LogP contribution in [-0.2, 0) is 5.54 Å². The minimum absolute atomic E-state index is 0.0641. The predicted molar refractivity (Wildman–Crippen MR) is 94.8 cm³/mol.